The number of Topliss-reactive ketones (excluding diaryl/α,β-unsaturated/α-hetero) is 1. The van der Waals surface area contributed by atoms with E-state index < -0.39 is 5.25 Å². The molecule has 0 bridgehead atoms. The zero-order chi connectivity index (χ0) is 22.9. The Balaban J connectivity index is 1.56. The number of aryl methyl sites for hydroxylation is 1. The van der Waals surface area contributed by atoms with Crippen LogP contribution in [-0.4, -0.2) is 30.6 Å². The Labute approximate surface area is 194 Å². The van der Waals surface area contributed by atoms with Gasteiger partial charge in [0, 0.05) is 34.6 Å². The Morgan fingerprint density at radius 2 is 1.82 bits per heavy atom. The van der Waals surface area contributed by atoms with Crippen LogP contribution in [0.2, 0.25) is 0 Å². The number of carbonyl (C=O) groups excluding carboxylic acids is 1. The summed E-state index contributed by atoms with van der Waals surface area (Å²) < 4.78 is 1.63. The monoisotopic (exact) mass is 454 g/mol. The molecule has 0 spiro atoms. The minimum Gasteiger partial charge on any atom is -0.358 e. The van der Waals surface area contributed by atoms with Gasteiger partial charge >= 0.3 is 0 Å². The lowest BCUT2D eigenvalue weighted by Gasteiger charge is -2.16. The fourth-order valence-electron chi connectivity index (χ4n) is 4.06. The first kappa shape index (κ1) is 21.2. The van der Waals surface area contributed by atoms with Crippen LogP contribution < -0.4 is 5.56 Å². The van der Waals surface area contributed by atoms with E-state index in [-0.39, 0.29) is 11.3 Å². The highest BCUT2D eigenvalue weighted by molar-refractivity contribution is 8.00. The summed E-state index contributed by atoms with van der Waals surface area (Å²) in [5, 5.41) is 1.54. The molecule has 0 aliphatic rings. The summed E-state index contributed by atoms with van der Waals surface area (Å²) in [6.07, 6.45) is 3.44. The van der Waals surface area contributed by atoms with E-state index in [0.29, 0.717) is 28.2 Å². The van der Waals surface area contributed by atoms with Crippen LogP contribution in [0.5, 0.6) is 0 Å². The highest BCUT2D eigenvalue weighted by Gasteiger charge is 2.24. The number of carbonyl (C=O) groups is 1. The topological polar surface area (TPSA) is 80.6 Å². The summed E-state index contributed by atoms with van der Waals surface area (Å²) in [6.45, 7) is 4.11. The van der Waals surface area contributed by atoms with Crippen LogP contribution in [0.25, 0.3) is 21.8 Å². The number of hydrogen-bond donors (Lipinski definition) is 1. The van der Waals surface area contributed by atoms with E-state index in [1.165, 1.54) is 11.8 Å². The van der Waals surface area contributed by atoms with Gasteiger partial charge in [-0.3, -0.25) is 19.1 Å². The average Bonchev–Trinajstić information content (AvgIpc) is 3.17. The molecular formula is C26H22N4O2S. The van der Waals surface area contributed by atoms with Gasteiger partial charge in [-0.2, -0.15) is 0 Å². The number of hydrogen-bond acceptors (Lipinski definition) is 5. The third-order valence-corrected chi connectivity index (χ3v) is 6.77. The Morgan fingerprint density at radius 1 is 1.06 bits per heavy atom. The summed E-state index contributed by atoms with van der Waals surface area (Å²) in [6, 6.07) is 18.9. The second-order valence-electron chi connectivity index (χ2n) is 7.96. The summed E-state index contributed by atoms with van der Waals surface area (Å²) in [5.74, 6) is 0.00489. The van der Waals surface area contributed by atoms with Gasteiger partial charge in [0.25, 0.3) is 5.56 Å². The van der Waals surface area contributed by atoms with E-state index in [4.69, 9.17) is 4.98 Å². The molecule has 1 atom stereocenters. The van der Waals surface area contributed by atoms with Gasteiger partial charge in [-0.15, -0.1) is 0 Å². The Kier molecular flexibility index (Phi) is 5.56. The molecule has 0 saturated carbocycles. The maximum Gasteiger partial charge on any atom is 0.262 e. The first-order valence-electron chi connectivity index (χ1n) is 10.7. The largest absolute Gasteiger partial charge is 0.358 e. The lowest BCUT2D eigenvalue weighted by molar-refractivity contribution is 0.0995. The first-order valence-corrected chi connectivity index (χ1v) is 11.6. The van der Waals surface area contributed by atoms with Gasteiger partial charge in [0.15, 0.2) is 10.9 Å². The summed E-state index contributed by atoms with van der Waals surface area (Å²) >= 11 is 1.31. The zero-order valence-electron chi connectivity index (χ0n) is 18.3. The molecule has 3 aromatic heterocycles. The highest BCUT2D eigenvalue weighted by Crippen LogP contribution is 2.30. The molecule has 33 heavy (non-hydrogen) atoms. The van der Waals surface area contributed by atoms with Gasteiger partial charge in [-0.25, -0.2) is 4.98 Å². The number of aromatic amines is 1. The minimum atomic E-state index is -0.434. The number of rotatable bonds is 6. The van der Waals surface area contributed by atoms with E-state index in [2.05, 4.69) is 9.97 Å². The second-order valence-corrected chi connectivity index (χ2v) is 9.27. The maximum atomic E-state index is 13.5. The number of H-pyrrole nitrogens is 1. The van der Waals surface area contributed by atoms with Crippen molar-refractivity contribution < 1.29 is 4.79 Å². The molecule has 0 aliphatic carbocycles. The number of nitrogens with zero attached hydrogens (tertiary/aromatic N) is 3. The number of benzene rings is 2. The van der Waals surface area contributed by atoms with E-state index >= 15 is 0 Å². The number of thioether (sulfide) groups is 1. The van der Waals surface area contributed by atoms with E-state index in [1.54, 1.807) is 23.0 Å². The molecule has 5 aromatic rings. The fraction of sp³-hybridized carbons (Fsp3) is 0.154. The van der Waals surface area contributed by atoms with Gasteiger partial charge in [0.05, 0.1) is 22.7 Å². The maximum absolute atomic E-state index is 13.5. The smallest absolute Gasteiger partial charge is 0.262 e. The number of fused-ring (bicyclic) bond motifs is 2. The number of pyridine rings is 1. The van der Waals surface area contributed by atoms with Gasteiger partial charge < -0.3 is 4.98 Å². The molecule has 2 aromatic carbocycles. The molecule has 0 aliphatic heterocycles. The van der Waals surface area contributed by atoms with Crippen LogP contribution in [0.15, 0.2) is 83.0 Å². The summed E-state index contributed by atoms with van der Waals surface area (Å²) in [5.41, 5.74) is 3.85. The number of nitrogens with one attached hydrogen (secondary N) is 1. The molecule has 164 valence electrons. The van der Waals surface area contributed by atoms with Crippen molar-refractivity contribution in [3.05, 3.63) is 100 Å². The molecule has 1 N–H and O–H groups in total. The number of aromatic nitrogens is 4. The third kappa shape index (κ3) is 3.96. The standard InChI is InChI=1S/C26H22N4O2S/c1-16-23(19-9-3-5-11-21(19)28-16)24(31)17(2)33-26-29-22-12-6-4-10-20(22)25(32)30(26)15-18-8-7-13-27-14-18/h3-14,17,28H,15H2,1-2H3/t17-/m0/s1. The Morgan fingerprint density at radius 3 is 2.61 bits per heavy atom. The number of ketones is 1. The predicted molar refractivity (Wildman–Crippen MR) is 132 cm³/mol. The van der Waals surface area contributed by atoms with Crippen molar-refractivity contribution >= 4 is 39.4 Å². The summed E-state index contributed by atoms with van der Waals surface area (Å²) in [7, 11) is 0. The van der Waals surface area contributed by atoms with Crippen molar-refractivity contribution in [2.45, 2.75) is 30.8 Å². The Hall–Kier alpha value is -3.71. The molecule has 0 unspecified atom stereocenters. The molecule has 6 nitrogen and oxygen atoms in total. The lowest BCUT2D eigenvalue weighted by atomic mass is 10.1. The molecule has 7 heteroatoms. The first-order chi connectivity index (χ1) is 16.0. The SMILES string of the molecule is Cc1[nH]c2ccccc2c1C(=O)[C@H](C)Sc1nc2ccccc2c(=O)n1Cc1cccnc1. The summed E-state index contributed by atoms with van der Waals surface area (Å²) in [4.78, 5) is 39.1. The number of para-hydroxylation sites is 2. The van der Waals surface area contributed by atoms with Gasteiger partial charge in [0.1, 0.15) is 0 Å². The molecule has 0 saturated heterocycles. The zero-order valence-corrected chi connectivity index (χ0v) is 19.1. The third-order valence-electron chi connectivity index (χ3n) is 5.68. The van der Waals surface area contributed by atoms with Crippen molar-refractivity contribution in [1.82, 2.24) is 19.5 Å². The molecule has 0 fully saturated rings. The van der Waals surface area contributed by atoms with Crippen LogP contribution >= 0.6 is 11.8 Å². The van der Waals surface area contributed by atoms with E-state index in [0.717, 1.165) is 22.2 Å². The van der Waals surface area contributed by atoms with Gasteiger partial charge in [0.2, 0.25) is 0 Å². The van der Waals surface area contributed by atoms with Crippen molar-refractivity contribution in [1.29, 1.82) is 0 Å². The van der Waals surface area contributed by atoms with Crippen molar-refractivity contribution in [3.63, 3.8) is 0 Å². The van der Waals surface area contributed by atoms with Crippen LogP contribution in [0.3, 0.4) is 0 Å². The van der Waals surface area contributed by atoms with Crippen molar-refractivity contribution in [3.8, 4) is 0 Å². The van der Waals surface area contributed by atoms with Gasteiger partial charge in [-0.1, -0.05) is 48.2 Å². The molecule has 5 rings (SSSR count). The molecule has 0 radical (unpaired) electrons. The minimum absolute atomic E-state index is 0.00489. The van der Waals surface area contributed by atoms with Crippen LogP contribution in [0.4, 0.5) is 0 Å². The second kappa shape index (κ2) is 8.67. The van der Waals surface area contributed by atoms with Crippen molar-refractivity contribution in [2.24, 2.45) is 0 Å². The van der Waals surface area contributed by atoms with Crippen LogP contribution in [-0.2, 0) is 6.54 Å². The molecule has 3 heterocycles. The predicted octanol–water partition coefficient (Wildman–Crippen LogP) is 4.99. The van der Waals surface area contributed by atoms with Gasteiger partial charge in [-0.05, 0) is 43.7 Å². The fourth-order valence-corrected chi connectivity index (χ4v) is 5.03. The van der Waals surface area contributed by atoms with E-state index in [9.17, 15) is 9.59 Å². The highest BCUT2D eigenvalue weighted by atomic mass is 32.2. The van der Waals surface area contributed by atoms with Crippen molar-refractivity contribution in [2.75, 3.05) is 0 Å². The molecule has 0 amide bonds. The average molecular weight is 455 g/mol. The lowest BCUT2D eigenvalue weighted by Crippen LogP contribution is -2.25. The molecular weight excluding hydrogens is 432 g/mol. The Bertz CT molecular complexity index is 1540. The van der Waals surface area contributed by atoms with Crippen LogP contribution in [0, 0.1) is 6.92 Å². The van der Waals surface area contributed by atoms with E-state index in [1.807, 2.05) is 68.4 Å². The van der Waals surface area contributed by atoms with Crippen LogP contribution in [0.1, 0.15) is 28.5 Å². The quantitative estimate of drug-likeness (QED) is 0.222. The normalized spacial score (nSPS) is 12.3.